The molecule has 0 saturated heterocycles. The van der Waals surface area contributed by atoms with Crippen LogP contribution in [0.15, 0.2) is 24.5 Å². The molecule has 0 radical (unpaired) electrons. The average Bonchev–Trinajstić information content (AvgIpc) is 2.86. The Morgan fingerprint density at radius 3 is 2.80 bits per heavy atom. The van der Waals surface area contributed by atoms with E-state index in [1.165, 1.54) is 32.1 Å². The number of rotatable bonds is 2. The minimum absolute atomic E-state index is 0.131. The average molecular weight is 344 g/mol. The van der Waals surface area contributed by atoms with Crippen LogP contribution in [0.5, 0.6) is 0 Å². The van der Waals surface area contributed by atoms with Crippen LogP contribution >= 0.6 is 0 Å². The standard InChI is InChI=1S/C22H33NO2/c1-14(24)11-15-12-18-16-5-6-19-22(3,10-8-20(25)23(19)4)17(16)7-9-21(18,2)13-15/h8,10,15-19,24H,1,5-7,9,11-13H2,2-4H3/t15-,16-,17+,18+,19-,21-,22-/m1/s1. The van der Waals surface area contributed by atoms with Crippen molar-refractivity contribution in [3.8, 4) is 0 Å². The number of carbonyl (C=O) groups excluding carboxylic acids is 1. The maximum atomic E-state index is 12.1. The largest absolute Gasteiger partial charge is 0.513 e. The van der Waals surface area contributed by atoms with Gasteiger partial charge in [-0.05, 0) is 73.7 Å². The first kappa shape index (κ1) is 17.2. The van der Waals surface area contributed by atoms with E-state index >= 15 is 0 Å². The minimum Gasteiger partial charge on any atom is -0.513 e. The van der Waals surface area contributed by atoms with E-state index < -0.39 is 0 Å². The van der Waals surface area contributed by atoms with Crippen molar-refractivity contribution in [3.63, 3.8) is 0 Å². The summed E-state index contributed by atoms with van der Waals surface area (Å²) in [5, 5.41) is 9.67. The molecule has 0 bridgehead atoms. The van der Waals surface area contributed by atoms with Crippen LogP contribution < -0.4 is 0 Å². The molecule has 3 nitrogen and oxygen atoms in total. The Bertz CT molecular complexity index is 626. The summed E-state index contributed by atoms with van der Waals surface area (Å²) in [5.41, 5.74) is 0.566. The normalized spacial score (nSPS) is 48.7. The van der Waals surface area contributed by atoms with Gasteiger partial charge in [0.2, 0.25) is 5.91 Å². The lowest BCUT2D eigenvalue weighted by Gasteiger charge is -2.59. The molecule has 3 aliphatic carbocycles. The predicted molar refractivity (Wildman–Crippen MR) is 100.0 cm³/mol. The lowest BCUT2D eigenvalue weighted by Crippen LogP contribution is -2.59. The highest BCUT2D eigenvalue weighted by molar-refractivity contribution is 5.89. The van der Waals surface area contributed by atoms with Crippen molar-refractivity contribution >= 4 is 5.91 Å². The molecule has 1 aliphatic heterocycles. The second-order valence-corrected chi connectivity index (χ2v) is 9.89. The number of allylic oxidation sites excluding steroid dienone is 1. The molecule has 1 N–H and O–H groups in total. The van der Waals surface area contributed by atoms with Gasteiger partial charge in [0.15, 0.2) is 0 Å². The zero-order valence-electron chi connectivity index (χ0n) is 16.0. The maximum Gasteiger partial charge on any atom is 0.246 e. The van der Waals surface area contributed by atoms with Crippen LogP contribution in [0, 0.1) is 34.5 Å². The number of nitrogens with zero attached hydrogens (tertiary/aromatic N) is 1. The molecule has 0 spiro atoms. The Morgan fingerprint density at radius 2 is 2.08 bits per heavy atom. The van der Waals surface area contributed by atoms with Crippen LogP contribution in [0.4, 0.5) is 0 Å². The van der Waals surface area contributed by atoms with Gasteiger partial charge in [-0.2, -0.15) is 0 Å². The highest BCUT2D eigenvalue weighted by Crippen LogP contribution is 2.65. The molecule has 4 aliphatic rings. The van der Waals surface area contributed by atoms with Crippen molar-refractivity contribution < 1.29 is 9.90 Å². The molecular formula is C22H33NO2. The third-order valence-corrected chi connectivity index (χ3v) is 8.51. The topological polar surface area (TPSA) is 40.5 Å². The number of fused-ring (bicyclic) bond motifs is 5. The Morgan fingerprint density at radius 1 is 1.32 bits per heavy atom. The summed E-state index contributed by atoms with van der Waals surface area (Å²) in [7, 11) is 1.99. The Labute approximate surface area is 152 Å². The SMILES string of the molecule is C=C(O)C[C@@H]1C[C@H]2[C@@H]3CC[C@H]4N(C)C(=O)C=C[C@]4(C)[C@H]3CC[C@]2(C)C1. The van der Waals surface area contributed by atoms with E-state index in [1.807, 2.05) is 18.0 Å². The van der Waals surface area contributed by atoms with Gasteiger partial charge in [-0.25, -0.2) is 0 Å². The predicted octanol–water partition coefficient (Wildman–Crippen LogP) is 4.70. The van der Waals surface area contributed by atoms with Crippen LogP contribution in [0.1, 0.15) is 58.8 Å². The van der Waals surface area contributed by atoms with Crippen molar-refractivity contribution in [2.45, 2.75) is 64.8 Å². The van der Waals surface area contributed by atoms with Crippen LogP contribution in [-0.2, 0) is 4.79 Å². The molecule has 3 saturated carbocycles. The van der Waals surface area contributed by atoms with Crippen LogP contribution in [0.2, 0.25) is 0 Å². The summed E-state index contributed by atoms with van der Waals surface area (Å²) in [6, 6.07) is 0.366. The zero-order valence-corrected chi connectivity index (χ0v) is 16.0. The molecule has 1 heterocycles. The molecule has 7 atom stereocenters. The van der Waals surface area contributed by atoms with Crippen LogP contribution in [0.25, 0.3) is 0 Å². The number of carbonyl (C=O) groups is 1. The van der Waals surface area contributed by atoms with Crippen LogP contribution in [-0.4, -0.2) is 29.0 Å². The number of hydrogen-bond donors (Lipinski definition) is 1. The zero-order chi connectivity index (χ0) is 18.0. The van der Waals surface area contributed by atoms with E-state index in [0.29, 0.717) is 29.1 Å². The van der Waals surface area contributed by atoms with Gasteiger partial charge < -0.3 is 10.0 Å². The number of amides is 1. The molecule has 1 amide bonds. The van der Waals surface area contributed by atoms with Gasteiger partial charge in [-0.1, -0.05) is 26.5 Å². The maximum absolute atomic E-state index is 12.1. The third-order valence-electron chi connectivity index (χ3n) is 8.51. The van der Waals surface area contributed by atoms with Gasteiger partial charge in [0.25, 0.3) is 0 Å². The summed E-state index contributed by atoms with van der Waals surface area (Å²) in [4.78, 5) is 14.1. The highest BCUT2D eigenvalue weighted by Gasteiger charge is 2.59. The Balaban J connectivity index is 1.62. The fourth-order valence-electron chi connectivity index (χ4n) is 7.44. The summed E-state index contributed by atoms with van der Waals surface area (Å²) in [6.07, 6.45) is 12.3. The summed E-state index contributed by atoms with van der Waals surface area (Å²) in [6.45, 7) is 8.63. The van der Waals surface area contributed by atoms with Crippen molar-refractivity contribution in [2.24, 2.45) is 34.5 Å². The van der Waals surface area contributed by atoms with Crippen LogP contribution in [0.3, 0.4) is 0 Å². The third kappa shape index (κ3) is 2.49. The number of hydrogen-bond acceptors (Lipinski definition) is 2. The first-order valence-corrected chi connectivity index (χ1v) is 10.1. The fourth-order valence-corrected chi connectivity index (χ4v) is 7.44. The summed E-state index contributed by atoms with van der Waals surface area (Å²) < 4.78 is 0. The van der Waals surface area contributed by atoms with E-state index in [-0.39, 0.29) is 11.3 Å². The fraction of sp³-hybridized carbons (Fsp3) is 0.773. The van der Waals surface area contributed by atoms with Gasteiger partial charge >= 0.3 is 0 Å². The second-order valence-electron chi connectivity index (χ2n) is 9.89. The van der Waals surface area contributed by atoms with Crippen molar-refractivity contribution in [1.29, 1.82) is 0 Å². The van der Waals surface area contributed by atoms with Crippen molar-refractivity contribution in [3.05, 3.63) is 24.5 Å². The molecule has 138 valence electrons. The number of likely N-dealkylation sites (N-methyl/N-ethyl adjacent to an activating group) is 1. The monoisotopic (exact) mass is 343 g/mol. The number of aliphatic hydroxyl groups is 1. The highest BCUT2D eigenvalue weighted by atomic mass is 16.3. The summed E-state index contributed by atoms with van der Waals surface area (Å²) in [5.74, 6) is 3.35. The van der Waals surface area contributed by atoms with Gasteiger partial charge in [0.1, 0.15) is 0 Å². The second kappa shape index (κ2) is 5.62. The van der Waals surface area contributed by atoms with Crippen molar-refractivity contribution in [2.75, 3.05) is 7.05 Å². The van der Waals surface area contributed by atoms with Crippen molar-refractivity contribution in [1.82, 2.24) is 4.90 Å². The van der Waals surface area contributed by atoms with Gasteiger partial charge in [0, 0.05) is 24.9 Å². The molecule has 3 heteroatoms. The smallest absolute Gasteiger partial charge is 0.246 e. The van der Waals surface area contributed by atoms with E-state index in [9.17, 15) is 9.90 Å². The summed E-state index contributed by atoms with van der Waals surface area (Å²) >= 11 is 0. The molecular weight excluding hydrogens is 310 g/mol. The number of aliphatic hydroxyl groups excluding tert-OH is 1. The first-order valence-electron chi connectivity index (χ1n) is 10.1. The Kier molecular flexibility index (Phi) is 3.86. The van der Waals surface area contributed by atoms with Gasteiger partial charge in [-0.15, -0.1) is 0 Å². The molecule has 3 fully saturated rings. The minimum atomic E-state index is 0.131. The first-order chi connectivity index (χ1) is 11.7. The van der Waals surface area contributed by atoms with E-state index in [1.54, 1.807) is 0 Å². The molecule has 25 heavy (non-hydrogen) atoms. The Hall–Kier alpha value is -1.25. The lowest BCUT2D eigenvalue weighted by atomic mass is 9.48. The van der Waals surface area contributed by atoms with E-state index in [0.717, 1.165) is 24.7 Å². The molecule has 4 rings (SSSR count). The lowest BCUT2D eigenvalue weighted by molar-refractivity contribution is -0.138. The van der Waals surface area contributed by atoms with E-state index in [4.69, 9.17) is 0 Å². The van der Waals surface area contributed by atoms with E-state index in [2.05, 4.69) is 26.5 Å². The quantitative estimate of drug-likeness (QED) is 0.738. The molecule has 0 aromatic heterocycles. The molecule has 0 aromatic carbocycles. The van der Waals surface area contributed by atoms with Gasteiger partial charge in [-0.3, -0.25) is 4.79 Å². The van der Waals surface area contributed by atoms with Gasteiger partial charge in [0.05, 0.1) is 5.76 Å². The molecule has 0 aromatic rings. The molecule has 0 unspecified atom stereocenters.